The van der Waals surface area contributed by atoms with E-state index in [9.17, 15) is 0 Å². The molecular weight excluding hydrogens is 124 g/mol. The molecule has 1 atom stereocenters. The van der Waals surface area contributed by atoms with Gasteiger partial charge in [0.15, 0.2) is 0 Å². The van der Waals surface area contributed by atoms with Gasteiger partial charge in [0.2, 0.25) is 0 Å². The average Bonchev–Trinajstić information content (AvgIpc) is 2.34. The molecule has 10 heavy (non-hydrogen) atoms. The highest BCUT2D eigenvalue weighted by Crippen LogP contribution is 2.08. The molecule has 56 valence electrons. The molecule has 0 aliphatic carbocycles. The number of aryl methyl sites for hydroxylation is 1. The maximum atomic E-state index is 5.67. The van der Waals surface area contributed by atoms with Crippen molar-refractivity contribution in [2.75, 3.05) is 0 Å². The third-order valence-electron chi connectivity index (χ3n) is 1.66. The molecular formula is C8H14N2. The smallest absolute Gasteiger partial charge is 0.0281 e. The van der Waals surface area contributed by atoms with Gasteiger partial charge in [-0.1, -0.05) is 0 Å². The van der Waals surface area contributed by atoms with Crippen molar-refractivity contribution in [2.24, 2.45) is 5.73 Å². The van der Waals surface area contributed by atoms with Crippen molar-refractivity contribution in [2.45, 2.75) is 26.4 Å². The van der Waals surface area contributed by atoms with Crippen LogP contribution in [-0.2, 0) is 6.54 Å². The van der Waals surface area contributed by atoms with Crippen molar-refractivity contribution in [3.63, 3.8) is 0 Å². The normalized spacial score (nSPS) is 13.5. The molecule has 0 amide bonds. The van der Waals surface area contributed by atoms with Crippen LogP contribution in [0.4, 0.5) is 0 Å². The highest BCUT2D eigenvalue weighted by Gasteiger charge is 1.98. The Bertz CT molecular complexity index is 201. The summed E-state index contributed by atoms with van der Waals surface area (Å²) in [5.41, 5.74) is 6.88. The van der Waals surface area contributed by atoms with E-state index in [4.69, 9.17) is 5.73 Å². The first-order valence-corrected chi connectivity index (χ1v) is 3.65. The van der Waals surface area contributed by atoms with Crippen LogP contribution in [0.1, 0.15) is 25.5 Å². The van der Waals surface area contributed by atoms with Crippen molar-refractivity contribution in [3.8, 4) is 0 Å². The Hall–Kier alpha value is -0.760. The molecule has 1 aromatic rings. The van der Waals surface area contributed by atoms with Crippen molar-refractivity contribution in [1.82, 2.24) is 4.57 Å². The van der Waals surface area contributed by atoms with E-state index in [2.05, 4.69) is 30.0 Å². The number of nitrogens with two attached hydrogens (primary N) is 1. The van der Waals surface area contributed by atoms with E-state index in [-0.39, 0.29) is 6.04 Å². The summed E-state index contributed by atoms with van der Waals surface area (Å²) < 4.78 is 2.12. The molecule has 0 saturated carbocycles. The fourth-order valence-corrected chi connectivity index (χ4v) is 0.925. The zero-order valence-corrected chi connectivity index (χ0v) is 6.54. The Morgan fingerprint density at radius 3 is 2.70 bits per heavy atom. The Kier molecular flexibility index (Phi) is 2.12. The number of rotatable bonds is 2. The Morgan fingerprint density at radius 2 is 2.40 bits per heavy atom. The highest BCUT2D eigenvalue weighted by atomic mass is 14.9. The average molecular weight is 138 g/mol. The molecule has 0 spiro atoms. The summed E-state index contributed by atoms with van der Waals surface area (Å²) in [4.78, 5) is 0. The fourth-order valence-electron chi connectivity index (χ4n) is 0.925. The molecule has 1 rings (SSSR count). The van der Waals surface area contributed by atoms with E-state index in [0.29, 0.717) is 0 Å². The summed E-state index contributed by atoms with van der Waals surface area (Å²) in [6.45, 7) is 5.13. The standard InChI is InChI=1S/C8H14N2/c1-3-10-5-4-8(6-10)7(2)9/h4-7H,3,9H2,1-2H3/t7-/m1/s1. The minimum atomic E-state index is 0.160. The Balaban J connectivity index is 2.78. The van der Waals surface area contributed by atoms with Gasteiger partial charge in [0.25, 0.3) is 0 Å². The maximum absolute atomic E-state index is 5.67. The van der Waals surface area contributed by atoms with Crippen LogP contribution < -0.4 is 5.73 Å². The van der Waals surface area contributed by atoms with Gasteiger partial charge in [0.1, 0.15) is 0 Å². The highest BCUT2D eigenvalue weighted by molar-refractivity contribution is 5.13. The molecule has 0 radical (unpaired) electrons. The summed E-state index contributed by atoms with van der Waals surface area (Å²) in [6.07, 6.45) is 4.14. The van der Waals surface area contributed by atoms with Crippen molar-refractivity contribution < 1.29 is 0 Å². The predicted octanol–water partition coefficient (Wildman–Crippen LogP) is 1.53. The van der Waals surface area contributed by atoms with Crippen LogP contribution in [0.3, 0.4) is 0 Å². The van der Waals surface area contributed by atoms with Crippen LogP contribution in [0, 0.1) is 0 Å². The lowest BCUT2D eigenvalue weighted by atomic mass is 10.2. The lowest BCUT2D eigenvalue weighted by Crippen LogP contribution is -2.03. The van der Waals surface area contributed by atoms with Gasteiger partial charge in [-0.3, -0.25) is 0 Å². The minimum Gasteiger partial charge on any atom is -0.354 e. The molecule has 2 heteroatoms. The van der Waals surface area contributed by atoms with E-state index in [1.165, 1.54) is 5.56 Å². The number of hydrogen-bond donors (Lipinski definition) is 1. The zero-order valence-electron chi connectivity index (χ0n) is 6.54. The van der Waals surface area contributed by atoms with Crippen LogP contribution in [0.15, 0.2) is 18.5 Å². The third-order valence-corrected chi connectivity index (χ3v) is 1.66. The van der Waals surface area contributed by atoms with Gasteiger partial charge in [-0.25, -0.2) is 0 Å². The summed E-state index contributed by atoms with van der Waals surface area (Å²) in [5.74, 6) is 0. The first kappa shape index (κ1) is 7.35. The van der Waals surface area contributed by atoms with Crippen molar-refractivity contribution in [1.29, 1.82) is 0 Å². The molecule has 1 heterocycles. The van der Waals surface area contributed by atoms with Crippen LogP contribution in [0.2, 0.25) is 0 Å². The summed E-state index contributed by atoms with van der Waals surface area (Å²) >= 11 is 0. The fraction of sp³-hybridized carbons (Fsp3) is 0.500. The summed E-state index contributed by atoms with van der Waals surface area (Å²) in [5, 5.41) is 0. The van der Waals surface area contributed by atoms with Gasteiger partial charge >= 0.3 is 0 Å². The van der Waals surface area contributed by atoms with Crippen LogP contribution in [0.25, 0.3) is 0 Å². The molecule has 0 saturated heterocycles. The number of nitrogens with zero attached hydrogens (tertiary/aromatic N) is 1. The van der Waals surface area contributed by atoms with Gasteiger partial charge in [0.05, 0.1) is 0 Å². The second kappa shape index (κ2) is 2.88. The first-order valence-electron chi connectivity index (χ1n) is 3.65. The molecule has 0 fully saturated rings. The summed E-state index contributed by atoms with van der Waals surface area (Å²) in [7, 11) is 0. The van der Waals surface area contributed by atoms with Crippen LogP contribution >= 0.6 is 0 Å². The lowest BCUT2D eigenvalue weighted by Gasteiger charge is -1.99. The molecule has 1 aromatic heterocycles. The monoisotopic (exact) mass is 138 g/mol. The quantitative estimate of drug-likeness (QED) is 0.660. The topological polar surface area (TPSA) is 30.9 Å². The molecule has 0 unspecified atom stereocenters. The van der Waals surface area contributed by atoms with Crippen LogP contribution in [0.5, 0.6) is 0 Å². The van der Waals surface area contributed by atoms with Gasteiger partial charge in [-0.05, 0) is 25.5 Å². The zero-order chi connectivity index (χ0) is 7.56. The first-order chi connectivity index (χ1) is 4.74. The van der Waals surface area contributed by atoms with E-state index < -0.39 is 0 Å². The van der Waals surface area contributed by atoms with Crippen molar-refractivity contribution in [3.05, 3.63) is 24.0 Å². The molecule has 0 aliphatic rings. The van der Waals surface area contributed by atoms with E-state index in [0.717, 1.165) is 6.54 Å². The number of hydrogen-bond acceptors (Lipinski definition) is 1. The van der Waals surface area contributed by atoms with Gasteiger partial charge < -0.3 is 10.3 Å². The van der Waals surface area contributed by atoms with E-state index in [1.54, 1.807) is 0 Å². The lowest BCUT2D eigenvalue weighted by molar-refractivity contribution is 0.752. The maximum Gasteiger partial charge on any atom is 0.0281 e. The third kappa shape index (κ3) is 1.39. The van der Waals surface area contributed by atoms with Crippen LogP contribution in [-0.4, -0.2) is 4.57 Å². The van der Waals surface area contributed by atoms with E-state index >= 15 is 0 Å². The minimum absolute atomic E-state index is 0.160. The SMILES string of the molecule is CCn1ccc([C@@H](C)N)c1. The molecule has 2 N–H and O–H groups in total. The predicted molar refractivity (Wildman–Crippen MR) is 42.7 cm³/mol. The molecule has 0 aromatic carbocycles. The van der Waals surface area contributed by atoms with Gasteiger partial charge in [-0.15, -0.1) is 0 Å². The molecule has 2 nitrogen and oxygen atoms in total. The van der Waals surface area contributed by atoms with Gasteiger partial charge in [-0.2, -0.15) is 0 Å². The second-order valence-electron chi connectivity index (χ2n) is 2.56. The van der Waals surface area contributed by atoms with Gasteiger partial charge in [0, 0.05) is 25.0 Å². The number of aromatic nitrogens is 1. The Morgan fingerprint density at radius 1 is 1.70 bits per heavy atom. The van der Waals surface area contributed by atoms with Crippen molar-refractivity contribution >= 4 is 0 Å². The molecule has 0 bridgehead atoms. The Labute approximate surface area is 61.7 Å². The van der Waals surface area contributed by atoms with E-state index in [1.807, 2.05) is 6.92 Å². The second-order valence-corrected chi connectivity index (χ2v) is 2.56. The summed E-state index contributed by atoms with van der Waals surface area (Å²) in [6, 6.07) is 2.22. The molecule has 0 aliphatic heterocycles. The largest absolute Gasteiger partial charge is 0.354 e.